The SMILES string of the molecule is COc1ccc(OCCC(=O)OCC(=O)Nc2ccccc2Cc2ccccc2)cc1. The lowest BCUT2D eigenvalue weighted by Gasteiger charge is -2.12. The molecule has 1 N–H and O–H groups in total. The third kappa shape index (κ3) is 7.19. The van der Waals surface area contributed by atoms with Crippen LogP contribution in [-0.4, -0.2) is 32.2 Å². The molecule has 0 spiro atoms. The largest absolute Gasteiger partial charge is 0.497 e. The van der Waals surface area contributed by atoms with Crippen molar-refractivity contribution < 1.29 is 23.8 Å². The van der Waals surface area contributed by atoms with Crippen molar-refractivity contribution in [2.45, 2.75) is 12.8 Å². The standard InChI is InChI=1S/C25H25NO5/c1-29-21-11-13-22(14-12-21)30-16-15-25(28)31-18-24(27)26-23-10-6-5-9-20(23)17-19-7-3-2-4-8-19/h2-14H,15-18H2,1H3,(H,26,27). The summed E-state index contributed by atoms with van der Waals surface area (Å²) in [5, 5.41) is 2.82. The Balaban J connectivity index is 1.42. The van der Waals surface area contributed by atoms with E-state index in [1.807, 2.05) is 54.6 Å². The molecule has 0 aromatic heterocycles. The van der Waals surface area contributed by atoms with Gasteiger partial charge in [-0.2, -0.15) is 0 Å². The highest BCUT2D eigenvalue weighted by molar-refractivity contribution is 5.93. The topological polar surface area (TPSA) is 73.9 Å². The normalized spacial score (nSPS) is 10.2. The van der Waals surface area contributed by atoms with Crippen LogP contribution >= 0.6 is 0 Å². The fourth-order valence-electron chi connectivity index (χ4n) is 2.94. The molecule has 0 bridgehead atoms. The number of amides is 1. The third-order valence-electron chi connectivity index (χ3n) is 4.53. The van der Waals surface area contributed by atoms with E-state index in [0.29, 0.717) is 17.9 Å². The summed E-state index contributed by atoms with van der Waals surface area (Å²) in [5.74, 6) is 0.468. The number of anilines is 1. The molecule has 6 nitrogen and oxygen atoms in total. The van der Waals surface area contributed by atoms with E-state index in [4.69, 9.17) is 14.2 Å². The van der Waals surface area contributed by atoms with Crippen LogP contribution in [0.2, 0.25) is 0 Å². The van der Waals surface area contributed by atoms with Gasteiger partial charge in [0.2, 0.25) is 0 Å². The summed E-state index contributed by atoms with van der Waals surface area (Å²) in [6, 6.07) is 24.6. The van der Waals surface area contributed by atoms with Gasteiger partial charge in [0.15, 0.2) is 6.61 Å². The molecule has 0 aliphatic rings. The first-order chi connectivity index (χ1) is 15.1. The van der Waals surface area contributed by atoms with Crippen LogP contribution in [0.3, 0.4) is 0 Å². The van der Waals surface area contributed by atoms with Gasteiger partial charge in [0.25, 0.3) is 5.91 Å². The predicted molar refractivity (Wildman–Crippen MR) is 118 cm³/mol. The monoisotopic (exact) mass is 419 g/mol. The minimum absolute atomic E-state index is 0.0455. The van der Waals surface area contributed by atoms with Gasteiger partial charge < -0.3 is 19.5 Å². The van der Waals surface area contributed by atoms with Crippen molar-refractivity contribution in [1.82, 2.24) is 0 Å². The number of nitrogens with one attached hydrogen (secondary N) is 1. The highest BCUT2D eigenvalue weighted by atomic mass is 16.5. The minimum atomic E-state index is -0.499. The molecule has 0 unspecified atom stereocenters. The Morgan fingerprint density at radius 1 is 0.839 bits per heavy atom. The van der Waals surface area contributed by atoms with Gasteiger partial charge in [-0.05, 0) is 47.9 Å². The van der Waals surface area contributed by atoms with E-state index in [2.05, 4.69) is 5.32 Å². The molecular weight excluding hydrogens is 394 g/mol. The predicted octanol–water partition coefficient (Wildman–Crippen LogP) is 4.24. The van der Waals surface area contributed by atoms with Crippen molar-refractivity contribution in [1.29, 1.82) is 0 Å². The number of carbonyl (C=O) groups excluding carboxylic acids is 2. The second-order valence-electron chi connectivity index (χ2n) is 6.80. The van der Waals surface area contributed by atoms with Gasteiger partial charge in [-0.25, -0.2) is 0 Å². The lowest BCUT2D eigenvalue weighted by atomic mass is 10.0. The van der Waals surface area contributed by atoms with E-state index in [-0.39, 0.29) is 25.5 Å². The molecule has 0 heterocycles. The molecule has 160 valence electrons. The van der Waals surface area contributed by atoms with E-state index >= 15 is 0 Å². The summed E-state index contributed by atoms with van der Waals surface area (Å²) in [6.45, 7) is -0.187. The number of rotatable bonds is 10. The van der Waals surface area contributed by atoms with Crippen LogP contribution < -0.4 is 14.8 Å². The average Bonchev–Trinajstić information content (AvgIpc) is 2.80. The zero-order valence-electron chi connectivity index (χ0n) is 17.4. The van der Waals surface area contributed by atoms with Gasteiger partial charge in [0, 0.05) is 5.69 Å². The number of benzene rings is 3. The number of esters is 1. The first-order valence-corrected chi connectivity index (χ1v) is 9.98. The van der Waals surface area contributed by atoms with Gasteiger partial charge in [-0.3, -0.25) is 9.59 Å². The van der Waals surface area contributed by atoms with Crippen molar-refractivity contribution in [2.24, 2.45) is 0 Å². The summed E-state index contributed by atoms with van der Waals surface area (Å²) in [6.07, 6.45) is 0.740. The molecule has 0 fully saturated rings. The maximum atomic E-state index is 12.2. The van der Waals surface area contributed by atoms with Crippen LogP contribution in [0, 0.1) is 0 Å². The number of para-hydroxylation sites is 1. The maximum Gasteiger partial charge on any atom is 0.309 e. The summed E-state index contributed by atoms with van der Waals surface area (Å²) in [5.41, 5.74) is 2.84. The summed E-state index contributed by atoms with van der Waals surface area (Å²) in [7, 11) is 1.59. The lowest BCUT2D eigenvalue weighted by Crippen LogP contribution is -2.22. The second-order valence-corrected chi connectivity index (χ2v) is 6.80. The lowest BCUT2D eigenvalue weighted by molar-refractivity contribution is -0.147. The number of hydrogen-bond acceptors (Lipinski definition) is 5. The molecule has 3 aromatic rings. The molecule has 1 amide bonds. The first-order valence-electron chi connectivity index (χ1n) is 9.98. The van der Waals surface area contributed by atoms with Crippen LogP contribution in [0.4, 0.5) is 5.69 Å². The molecule has 0 saturated carbocycles. The molecule has 3 aromatic carbocycles. The summed E-state index contributed by atoms with van der Waals surface area (Å²) >= 11 is 0. The molecule has 6 heteroatoms. The molecule has 0 radical (unpaired) electrons. The van der Waals surface area contributed by atoms with Gasteiger partial charge in [-0.15, -0.1) is 0 Å². The summed E-state index contributed by atoms with van der Waals surface area (Å²) in [4.78, 5) is 24.1. The second kappa shape index (κ2) is 11.4. The molecule has 0 atom stereocenters. The van der Waals surface area contributed by atoms with Crippen LogP contribution in [0.1, 0.15) is 17.5 Å². The minimum Gasteiger partial charge on any atom is -0.497 e. The highest BCUT2D eigenvalue weighted by Crippen LogP contribution is 2.19. The zero-order chi connectivity index (χ0) is 21.9. The van der Waals surface area contributed by atoms with Crippen molar-refractivity contribution in [3.8, 4) is 11.5 Å². The fourth-order valence-corrected chi connectivity index (χ4v) is 2.94. The Bertz CT molecular complexity index is 986. The molecule has 0 saturated heterocycles. The molecule has 31 heavy (non-hydrogen) atoms. The van der Waals surface area contributed by atoms with E-state index in [1.54, 1.807) is 31.4 Å². The third-order valence-corrected chi connectivity index (χ3v) is 4.53. The van der Waals surface area contributed by atoms with E-state index in [9.17, 15) is 9.59 Å². The van der Waals surface area contributed by atoms with Crippen LogP contribution in [-0.2, 0) is 20.7 Å². The Hall–Kier alpha value is -3.80. The Labute approximate surface area is 181 Å². The van der Waals surface area contributed by atoms with Crippen molar-refractivity contribution in [2.75, 3.05) is 25.6 Å². The van der Waals surface area contributed by atoms with Crippen LogP contribution in [0.25, 0.3) is 0 Å². The highest BCUT2D eigenvalue weighted by Gasteiger charge is 2.11. The van der Waals surface area contributed by atoms with Gasteiger partial charge in [-0.1, -0.05) is 48.5 Å². The molecular formula is C25H25NO5. The molecule has 3 rings (SSSR count). The van der Waals surface area contributed by atoms with Gasteiger partial charge in [0.05, 0.1) is 20.1 Å². The van der Waals surface area contributed by atoms with Crippen LogP contribution in [0.5, 0.6) is 11.5 Å². The average molecular weight is 419 g/mol. The maximum absolute atomic E-state index is 12.2. The quantitative estimate of drug-likeness (QED) is 0.498. The zero-order valence-corrected chi connectivity index (χ0v) is 17.4. The van der Waals surface area contributed by atoms with Crippen molar-refractivity contribution >= 4 is 17.6 Å². The molecule has 0 aliphatic heterocycles. The van der Waals surface area contributed by atoms with Gasteiger partial charge in [0.1, 0.15) is 11.5 Å². The number of hydrogen-bond donors (Lipinski definition) is 1. The summed E-state index contributed by atoms with van der Waals surface area (Å²) < 4.78 is 15.6. The fraction of sp³-hybridized carbons (Fsp3) is 0.200. The Kier molecular flexibility index (Phi) is 8.05. The van der Waals surface area contributed by atoms with E-state index < -0.39 is 5.97 Å². The smallest absolute Gasteiger partial charge is 0.309 e. The van der Waals surface area contributed by atoms with E-state index in [1.165, 1.54) is 0 Å². The molecule has 0 aliphatic carbocycles. The first kappa shape index (κ1) is 21.9. The number of ether oxygens (including phenoxy) is 3. The number of carbonyl (C=O) groups is 2. The number of methoxy groups -OCH3 is 1. The van der Waals surface area contributed by atoms with Crippen LogP contribution in [0.15, 0.2) is 78.9 Å². The van der Waals surface area contributed by atoms with Crippen molar-refractivity contribution in [3.63, 3.8) is 0 Å². The van der Waals surface area contributed by atoms with Crippen molar-refractivity contribution in [3.05, 3.63) is 90.0 Å². The Morgan fingerprint density at radius 3 is 2.26 bits per heavy atom. The van der Waals surface area contributed by atoms with E-state index in [0.717, 1.165) is 16.9 Å². The van der Waals surface area contributed by atoms with Gasteiger partial charge >= 0.3 is 5.97 Å². The Morgan fingerprint density at radius 2 is 1.52 bits per heavy atom.